The highest BCUT2D eigenvalue weighted by molar-refractivity contribution is 5.73. The Morgan fingerprint density at radius 1 is 1.06 bits per heavy atom. The van der Waals surface area contributed by atoms with E-state index in [1.165, 1.54) is 6.92 Å². The van der Waals surface area contributed by atoms with Gasteiger partial charge in [-0.05, 0) is 53.8 Å². The lowest BCUT2D eigenvalue weighted by atomic mass is 10.0. The summed E-state index contributed by atoms with van der Waals surface area (Å²) in [5.41, 5.74) is 8.09. The van der Waals surface area contributed by atoms with E-state index in [0.717, 1.165) is 22.3 Å². The molecule has 1 heterocycles. The van der Waals surface area contributed by atoms with E-state index in [-0.39, 0.29) is 12.2 Å². The third kappa shape index (κ3) is 6.10. The summed E-state index contributed by atoms with van der Waals surface area (Å²) in [5.74, 6) is -7.08. The topological polar surface area (TPSA) is 132 Å². The lowest BCUT2D eigenvalue weighted by Gasteiger charge is -2.17. The van der Waals surface area contributed by atoms with Crippen molar-refractivity contribution in [1.82, 2.24) is 4.98 Å². The summed E-state index contributed by atoms with van der Waals surface area (Å²) in [5, 5.41) is 18.3. The van der Waals surface area contributed by atoms with Gasteiger partial charge in [-0.3, -0.25) is 4.79 Å². The number of halogens is 2. The number of nitrogens with zero attached hydrogens (tertiary/aromatic N) is 1. The molecule has 0 radical (unpaired) electrons. The molecule has 0 saturated carbocycles. The minimum atomic E-state index is -1.51. The number of hydrogen-bond acceptors (Lipinski definition) is 6. The molecule has 35 heavy (non-hydrogen) atoms. The molecule has 1 aromatic heterocycles. The molecule has 0 aliphatic heterocycles. The normalized spacial score (nSPS) is 11.7. The number of pyridine rings is 1. The largest absolute Gasteiger partial charge is 0.481 e. The first-order valence-electron chi connectivity index (χ1n) is 10.7. The lowest BCUT2D eigenvalue weighted by molar-refractivity contribution is -0.145. The molecule has 1 atom stereocenters. The Balaban J connectivity index is 2.07. The molecule has 0 spiro atoms. The first-order chi connectivity index (χ1) is 16.6. The van der Waals surface area contributed by atoms with Crippen molar-refractivity contribution < 1.29 is 38.1 Å². The first kappa shape index (κ1) is 25.6. The number of aliphatic carboxylic acids is 2. The number of carbonyl (C=O) groups is 2. The van der Waals surface area contributed by atoms with Crippen LogP contribution in [0.15, 0.2) is 42.5 Å². The van der Waals surface area contributed by atoms with Crippen molar-refractivity contribution >= 4 is 11.9 Å². The third-order valence-electron chi connectivity index (χ3n) is 5.10. The second-order valence-electron chi connectivity index (χ2n) is 7.79. The number of carboxylic acid groups (broad SMARTS) is 2. The number of carboxylic acids is 2. The Morgan fingerprint density at radius 3 is 2.40 bits per heavy atom. The summed E-state index contributed by atoms with van der Waals surface area (Å²) < 4.78 is 40.6. The van der Waals surface area contributed by atoms with Gasteiger partial charge in [0, 0.05) is 12.1 Å². The molecule has 2 aromatic carbocycles. The van der Waals surface area contributed by atoms with Crippen molar-refractivity contribution in [2.24, 2.45) is 5.73 Å². The van der Waals surface area contributed by atoms with Crippen molar-refractivity contribution in [3.05, 3.63) is 70.8 Å². The average Bonchev–Trinajstić information content (AvgIpc) is 2.82. The van der Waals surface area contributed by atoms with E-state index in [2.05, 4.69) is 4.98 Å². The highest BCUT2D eigenvalue weighted by atomic mass is 19.1. The standard InChI is InChI=1S/C25H24F2N2O6/c1-3-19(25(32)33)35-24-22(27)18(11-20(30)31)21(26)23(29-24)34-17-8-13(2)7-16(10-17)15-6-4-5-14(9-15)12-28/h4-10,19H,3,11-12,28H2,1-2H3,(H,30,31)(H,32,33). The van der Waals surface area contributed by atoms with Crippen molar-refractivity contribution in [2.45, 2.75) is 39.3 Å². The molecule has 0 amide bonds. The van der Waals surface area contributed by atoms with Crippen molar-refractivity contribution in [3.63, 3.8) is 0 Å². The lowest BCUT2D eigenvalue weighted by Crippen LogP contribution is -2.27. The van der Waals surface area contributed by atoms with Gasteiger partial charge in [0.25, 0.3) is 11.8 Å². The maximum Gasteiger partial charge on any atom is 0.344 e. The molecule has 0 aliphatic rings. The fourth-order valence-corrected chi connectivity index (χ4v) is 3.40. The Kier molecular flexibility index (Phi) is 7.98. The van der Waals surface area contributed by atoms with E-state index in [1.54, 1.807) is 19.1 Å². The molecule has 8 nitrogen and oxygen atoms in total. The summed E-state index contributed by atoms with van der Waals surface area (Å²) in [6.07, 6.45) is -2.54. The number of nitrogens with two attached hydrogens (primary N) is 1. The average molecular weight is 486 g/mol. The first-order valence-corrected chi connectivity index (χ1v) is 10.7. The highest BCUT2D eigenvalue weighted by Crippen LogP contribution is 2.34. The van der Waals surface area contributed by atoms with Gasteiger partial charge in [-0.25, -0.2) is 13.6 Å². The molecule has 0 bridgehead atoms. The Morgan fingerprint density at radius 2 is 1.77 bits per heavy atom. The highest BCUT2D eigenvalue weighted by Gasteiger charge is 2.28. The van der Waals surface area contributed by atoms with Crippen molar-refractivity contribution in [1.29, 1.82) is 0 Å². The van der Waals surface area contributed by atoms with E-state index in [9.17, 15) is 19.1 Å². The van der Waals surface area contributed by atoms with Gasteiger partial charge in [-0.15, -0.1) is 0 Å². The molecule has 0 saturated heterocycles. The van der Waals surface area contributed by atoms with Gasteiger partial charge in [0.15, 0.2) is 17.7 Å². The molecular weight excluding hydrogens is 462 g/mol. The molecule has 0 fully saturated rings. The van der Waals surface area contributed by atoms with Crippen LogP contribution in [0.5, 0.6) is 17.5 Å². The van der Waals surface area contributed by atoms with Crippen molar-refractivity contribution in [2.75, 3.05) is 0 Å². The SMILES string of the molecule is CCC(Oc1nc(Oc2cc(C)cc(-c3cccc(CN)c3)c2)c(F)c(CC(=O)O)c1F)C(=O)O. The number of aryl methyl sites for hydroxylation is 1. The van der Waals surface area contributed by atoms with Crippen LogP contribution in [-0.2, 0) is 22.6 Å². The van der Waals surface area contributed by atoms with Crippen LogP contribution in [0.4, 0.5) is 8.78 Å². The predicted molar refractivity (Wildman–Crippen MR) is 122 cm³/mol. The predicted octanol–water partition coefficient (Wildman–Crippen LogP) is 4.46. The second-order valence-corrected chi connectivity index (χ2v) is 7.79. The van der Waals surface area contributed by atoms with Gasteiger partial charge >= 0.3 is 11.9 Å². The quantitative estimate of drug-likeness (QED) is 0.383. The summed E-state index contributed by atoms with van der Waals surface area (Å²) >= 11 is 0. The maximum absolute atomic E-state index is 15.1. The molecule has 3 aromatic rings. The zero-order valence-electron chi connectivity index (χ0n) is 19.0. The summed E-state index contributed by atoms with van der Waals surface area (Å²) in [6, 6.07) is 12.5. The molecule has 0 aliphatic carbocycles. The molecule has 3 rings (SSSR count). The van der Waals surface area contributed by atoms with E-state index in [0.29, 0.717) is 6.54 Å². The zero-order chi connectivity index (χ0) is 25.7. The van der Waals surface area contributed by atoms with E-state index in [4.69, 9.17) is 20.3 Å². The van der Waals surface area contributed by atoms with Gasteiger partial charge in [0.2, 0.25) is 0 Å². The summed E-state index contributed by atoms with van der Waals surface area (Å²) in [6.45, 7) is 3.63. The monoisotopic (exact) mass is 486 g/mol. The minimum absolute atomic E-state index is 0.0403. The van der Waals surface area contributed by atoms with Gasteiger partial charge < -0.3 is 25.4 Å². The van der Waals surface area contributed by atoms with Crippen LogP contribution >= 0.6 is 0 Å². The second kappa shape index (κ2) is 10.9. The smallest absolute Gasteiger partial charge is 0.344 e. The molecule has 10 heteroatoms. The number of aromatic nitrogens is 1. The van der Waals surface area contributed by atoms with E-state index >= 15 is 4.39 Å². The van der Waals surface area contributed by atoms with Crippen LogP contribution in [0.1, 0.15) is 30.0 Å². The van der Waals surface area contributed by atoms with Crippen LogP contribution in [0.2, 0.25) is 0 Å². The molecule has 184 valence electrons. The molecular formula is C25H24F2N2O6. The zero-order valence-corrected chi connectivity index (χ0v) is 19.0. The van der Waals surface area contributed by atoms with Crippen LogP contribution in [-0.4, -0.2) is 33.2 Å². The molecule has 1 unspecified atom stereocenters. The van der Waals surface area contributed by atoms with E-state index < -0.39 is 53.4 Å². The molecule has 4 N–H and O–H groups in total. The number of hydrogen-bond donors (Lipinski definition) is 3. The number of rotatable bonds is 10. The van der Waals surface area contributed by atoms with Gasteiger partial charge in [-0.2, -0.15) is 4.98 Å². The minimum Gasteiger partial charge on any atom is -0.481 e. The Hall–Kier alpha value is -4.05. The van der Waals surface area contributed by atoms with Crippen LogP contribution in [0.25, 0.3) is 11.1 Å². The third-order valence-corrected chi connectivity index (χ3v) is 5.10. The van der Waals surface area contributed by atoms with Gasteiger partial charge in [-0.1, -0.05) is 31.2 Å². The number of benzene rings is 2. The Labute approximate surface area is 199 Å². The van der Waals surface area contributed by atoms with Crippen LogP contribution in [0.3, 0.4) is 0 Å². The van der Waals surface area contributed by atoms with Crippen LogP contribution < -0.4 is 15.2 Å². The van der Waals surface area contributed by atoms with Crippen LogP contribution in [0, 0.1) is 18.6 Å². The van der Waals surface area contributed by atoms with E-state index in [1.807, 2.05) is 30.3 Å². The number of ether oxygens (including phenoxy) is 2. The van der Waals surface area contributed by atoms with Crippen molar-refractivity contribution in [3.8, 4) is 28.6 Å². The van der Waals surface area contributed by atoms with Gasteiger partial charge in [0.1, 0.15) is 5.75 Å². The summed E-state index contributed by atoms with van der Waals surface area (Å²) in [7, 11) is 0. The summed E-state index contributed by atoms with van der Waals surface area (Å²) in [4.78, 5) is 26.2. The van der Waals surface area contributed by atoms with Gasteiger partial charge in [0.05, 0.1) is 6.42 Å². The Bertz CT molecular complexity index is 1260. The fourth-order valence-electron chi connectivity index (χ4n) is 3.40. The fraction of sp³-hybridized carbons (Fsp3) is 0.240. The maximum atomic E-state index is 15.1.